The van der Waals surface area contributed by atoms with Gasteiger partial charge in [-0.2, -0.15) is 0 Å². The van der Waals surface area contributed by atoms with Crippen LogP contribution in [0, 0.1) is 0 Å². The smallest absolute Gasteiger partial charge is 0.308 e. The molecule has 1 N–H and O–H groups in total. The SMILES string of the molecule is O=C(Nc1ccccc1)N(c1ccccc1)C1C=CCCC1. The third-order valence-corrected chi connectivity index (χ3v) is 3.84. The van der Waals surface area contributed by atoms with E-state index in [0.717, 1.165) is 30.6 Å². The van der Waals surface area contributed by atoms with Crippen LogP contribution in [0.1, 0.15) is 19.3 Å². The summed E-state index contributed by atoms with van der Waals surface area (Å²) in [6.07, 6.45) is 7.51. The molecule has 1 aliphatic rings. The number of anilines is 2. The molecule has 0 heterocycles. The number of nitrogens with zero attached hydrogens (tertiary/aromatic N) is 1. The van der Waals surface area contributed by atoms with E-state index in [2.05, 4.69) is 17.5 Å². The standard InChI is InChI=1S/C19H20N2O/c22-19(20-16-10-4-1-5-11-16)21(17-12-6-2-7-13-17)18-14-8-3-9-15-18/h1-2,4-8,10-14,18H,3,9,15H2,(H,20,22). The van der Waals surface area contributed by atoms with Gasteiger partial charge in [-0.05, 0) is 43.5 Å². The summed E-state index contributed by atoms with van der Waals surface area (Å²) in [5.74, 6) is 0. The molecule has 3 rings (SSSR count). The van der Waals surface area contributed by atoms with E-state index in [1.807, 2.05) is 65.6 Å². The number of rotatable bonds is 3. The fourth-order valence-electron chi connectivity index (χ4n) is 2.76. The first kappa shape index (κ1) is 14.4. The van der Waals surface area contributed by atoms with Crippen molar-refractivity contribution in [2.45, 2.75) is 25.3 Å². The largest absolute Gasteiger partial charge is 0.326 e. The van der Waals surface area contributed by atoms with Gasteiger partial charge in [-0.3, -0.25) is 4.90 Å². The van der Waals surface area contributed by atoms with E-state index in [9.17, 15) is 4.79 Å². The van der Waals surface area contributed by atoms with Crippen LogP contribution in [-0.2, 0) is 0 Å². The van der Waals surface area contributed by atoms with Gasteiger partial charge in [0.05, 0.1) is 6.04 Å². The van der Waals surface area contributed by atoms with Gasteiger partial charge in [0.1, 0.15) is 0 Å². The predicted octanol–water partition coefficient (Wildman–Crippen LogP) is 4.83. The number of carbonyl (C=O) groups is 1. The van der Waals surface area contributed by atoms with Gasteiger partial charge in [0.15, 0.2) is 0 Å². The van der Waals surface area contributed by atoms with Crippen molar-refractivity contribution in [3.63, 3.8) is 0 Å². The number of para-hydroxylation sites is 2. The minimum atomic E-state index is -0.0889. The molecule has 1 unspecified atom stereocenters. The minimum Gasteiger partial charge on any atom is -0.308 e. The monoisotopic (exact) mass is 292 g/mol. The van der Waals surface area contributed by atoms with Crippen molar-refractivity contribution in [3.05, 3.63) is 72.8 Å². The molecule has 22 heavy (non-hydrogen) atoms. The average molecular weight is 292 g/mol. The van der Waals surface area contributed by atoms with E-state index in [1.54, 1.807) is 0 Å². The number of urea groups is 1. The van der Waals surface area contributed by atoms with Gasteiger partial charge < -0.3 is 5.32 Å². The molecule has 0 fully saturated rings. The Morgan fingerprint density at radius 2 is 1.68 bits per heavy atom. The number of nitrogens with one attached hydrogen (secondary N) is 1. The Morgan fingerprint density at radius 1 is 1.00 bits per heavy atom. The Kier molecular flexibility index (Phi) is 4.54. The van der Waals surface area contributed by atoms with Crippen molar-refractivity contribution in [1.29, 1.82) is 0 Å². The summed E-state index contributed by atoms with van der Waals surface area (Å²) in [5, 5.41) is 2.99. The molecular weight excluding hydrogens is 272 g/mol. The highest BCUT2D eigenvalue weighted by atomic mass is 16.2. The maximum atomic E-state index is 12.8. The number of amides is 2. The van der Waals surface area contributed by atoms with Gasteiger partial charge in [-0.25, -0.2) is 4.79 Å². The maximum absolute atomic E-state index is 12.8. The summed E-state index contributed by atoms with van der Waals surface area (Å²) in [6, 6.07) is 19.5. The normalized spacial score (nSPS) is 17.0. The zero-order chi connectivity index (χ0) is 15.2. The molecule has 0 radical (unpaired) electrons. The molecule has 2 amide bonds. The second kappa shape index (κ2) is 6.94. The van der Waals surface area contributed by atoms with Crippen LogP contribution in [0.4, 0.5) is 16.2 Å². The predicted molar refractivity (Wildman–Crippen MR) is 91.2 cm³/mol. The van der Waals surface area contributed by atoms with Crippen LogP contribution in [0.3, 0.4) is 0 Å². The molecule has 112 valence electrons. The van der Waals surface area contributed by atoms with E-state index in [4.69, 9.17) is 0 Å². The summed E-state index contributed by atoms with van der Waals surface area (Å²) in [7, 11) is 0. The Morgan fingerprint density at radius 3 is 2.32 bits per heavy atom. The molecule has 1 atom stereocenters. The van der Waals surface area contributed by atoms with Gasteiger partial charge in [-0.15, -0.1) is 0 Å². The molecule has 1 aliphatic carbocycles. The minimum absolute atomic E-state index is 0.0889. The summed E-state index contributed by atoms with van der Waals surface area (Å²) >= 11 is 0. The van der Waals surface area contributed by atoms with Crippen molar-refractivity contribution < 1.29 is 4.79 Å². The van der Waals surface area contributed by atoms with Crippen LogP contribution in [0.2, 0.25) is 0 Å². The molecule has 0 aromatic heterocycles. The van der Waals surface area contributed by atoms with Crippen molar-refractivity contribution >= 4 is 17.4 Å². The first-order valence-electron chi connectivity index (χ1n) is 7.71. The van der Waals surface area contributed by atoms with Crippen molar-refractivity contribution in [3.8, 4) is 0 Å². The van der Waals surface area contributed by atoms with E-state index < -0.39 is 0 Å². The van der Waals surface area contributed by atoms with Crippen LogP contribution in [0.25, 0.3) is 0 Å². The first-order valence-corrected chi connectivity index (χ1v) is 7.71. The quantitative estimate of drug-likeness (QED) is 0.807. The Labute approximate surface area is 131 Å². The van der Waals surface area contributed by atoms with Crippen molar-refractivity contribution in [2.24, 2.45) is 0 Å². The zero-order valence-corrected chi connectivity index (χ0v) is 12.5. The van der Waals surface area contributed by atoms with Gasteiger partial charge in [0.2, 0.25) is 0 Å². The summed E-state index contributed by atoms with van der Waals surface area (Å²) in [4.78, 5) is 14.6. The number of hydrogen-bond acceptors (Lipinski definition) is 1. The molecule has 0 spiro atoms. The third-order valence-electron chi connectivity index (χ3n) is 3.84. The lowest BCUT2D eigenvalue weighted by molar-refractivity contribution is 0.255. The molecule has 0 saturated carbocycles. The number of allylic oxidation sites excluding steroid dienone is 1. The molecular formula is C19H20N2O. The van der Waals surface area contributed by atoms with Crippen molar-refractivity contribution in [1.82, 2.24) is 0 Å². The third kappa shape index (κ3) is 3.37. The average Bonchev–Trinajstić information content (AvgIpc) is 2.58. The lowest BCUT2D eigenvalue weighted by Crippen LogP contribution is -2.42. The molecule has 2 aromatic carbocycles. The van der Waals surface area contributed by atoms with Crippen LogP contribution in [0.15, 0.2) is 72.8 Å². The summed E-state index contributed by atoms with van der Waals surface area (Å²) < 4.78 is 0. The molecule has 0 saturated heterocycles. The topological polar surface area (TPSA) is 32.3 Å². The second-order valence-corrected chi connectivity index (χ2v) is 5.43. The Hall–Kier alpha value is -2.55. The van der Waals surface area contributed by atoms with Crippen LogP contribution in [0.5, 0.6) is 0 Å². The van der Waals surface area contributed by atoms with Crippen LogP contribution >= 0.6 is 0 Å². The zero-order valence-electron chi connectivity index (χ0n) is 12.5. The van der Waals surface area contributed by atoms with E-state index in [-0.39, 0.29) is 12.1 Å². The number of carbonyl (C=O) groups excluding carboxylic acids is 1. The van der Waals surface area contributed by atoms with Gasteiger partial charge in [0.25, 0.3) is 0 Å². The highest BCUT2D eigenvalue weighted by molar-refractivity contribution is 6.02. The Bertz CT molecular complexity index is 637. The van der Waals surface area contributed by atoms with Crippen LogP contribution < -0.4 is 10.2 Å². The lowest BCUT2D eigenvalue weighted by atomic mass is 10.0. The molecule has 2 aromatic rings. The summed E-state index contributed by atoms with van der Waals surface area (Å²) in [6.45, 7) is 0. The van der Waals surface area contributed by atoms with E-state index in [0.29, 0.717) is 0 Å². The molecule has 0 bridgehead atoms. The fourth-order valence-corrected chi connectivity index (χ4v) is 2.76. The fraction of sp³-hybridized carbons (Fsp3) is 0.211. The first-order chi connectivity index (χ1) is 10.8. The molecule has 3 nitrogen and oxygen atoms in total. The van der Waals surface area contributed by atoms with E-state index in [1.165, 1.54) is 0 Å². The van der Waals surface area contributed by atoms with Crippen LogP contribution in [-0.4, -0.2) is 12.1 Å². The summed E-state index contributed by atoms with van der Waals surface area (Å²) in [5.41, 5.74) is 1.74. The number of hydrogen-bond donors (Lipinski definition) is 1. The lowest BCUT2D eigenvalue weighted by Gasteiger charge is -2.31. The molecule has 0 aliphatic heterocycles. The van der Waals surface area contributed by atoms with Gasteiger partial charge in [0, 0.05) is 11.4 Å². The Balaban J connectivity index is 1.86. The highest BCUT2D eigenvalue weighted by Gasteiger charge is 2.24. The van der Waals surface area contributed by atoms with Gasteiger partial charge >= 0.3 is 6.03 Å². The highest BCUT2D eigenvalue weighted by Crippen LogP contribution is 2.24. The van der Waals surface area contributed by atoms with Gasteiger partial charge in [-0.1, -0.05) is 48.6 Å². The molecule has 3 heteroatoms. The van der Waals surface area contributed by atoms with Crippen molar-refractivity contribution in [2.75, 3.05) is 10.2 Å². The maximum Gasteiger partial charge on any atom is 0.326 e. The number of benzene rings is 2. The second-order valence-electron chi connectivity index (χ2n) is 5.43. The van der Waals surface area contributed by atoms with E-state index >= 15 is 0 Å².